The zero-order valence-corrected chi connectivity index (χ0v) is 31.6. The minimum atomic E-state index is -1.31. The highest BCUT2D eigenvalue weighted by molar-refractivity contribution is 5.99. The number of nitrogens with zero attached hydrogens (tertiary/aromatic N) is 3. The first-order valence-corrected chi connectivity index (χ1v) is 18.7. The van der Waals surface area contributed by atoms with E-state index in [2.05, 4.69) is 48.0 Å². The number of nitrogens with one attached hydrogen (secondary N) is 1. The molecule has 5 aromatic rings. The molecule has 0 saturated carbocycles. The molecule has 3 aromatic carbocycles. The predicted octanol–water partition coefficient (Wildman–Crippen LogP) is 9.23. The monoisotopic (exact) mass is 726 g/mol. The molecule has 2 heterocycles. The van der Waals surface area contributed by atoms with Gasteiger partial charge in [0.25, 0.3) is 0 Å². The van der Waals surface area contributed by atoms with Crippen molar-refractivity contribution in [2.24, 2.45) is 5.92 Å². The topological polar surface area (TPSA) is 131 Å². The Morgan fingerprint density at radius 1 is 0.778 bits per heavy atom. The molecule has 0 radical (unpaired) electrons. The van der Waals surface area contributed by atoms with Crippen LogP contribution in [0.4, 0.5) is 0 Å². The van der Waals surface area contributed by atoms with E-state index in [1.54, 1.807) is 36.7 Å². The zero-order valence-electron chi connectivity index (χ0n) is 31.6. The third-order valence-electron chi connectivity index (χ3n) is 9.48. The second-order valence-electron chi connectivity index (χ2n) is 14.7. The summed E-state index contributed by atoms with van der Waals surface area (Å²) < 4.78 is 5.90. The summed E-state index contributed by atoms with van der Waals surface area (Å²) in [6.45, 7) is 9.24. The summed E-state index contributed by atoms with van der Waals surface area (Å²) in [5.74, 6) is -1.38. The Morgan fingerprint density at radius 2 is 1.44 bits per heavy atom. The number of unbranched alkanes of at least 4 members (excludes halogenated alkanes) is 4. The van der Waals surface area contributed by atoms with Crippen molar-refractivity contribution in [3.8, 4) is 28.3 Å². The van der Waals surface area contributed by atoms with E-state index >= 15 is 0 Å². The summed E-state index contributed by atoms with van der Waals surface area (Å²) in [7, 11) is 0. The molecular weight excluding hydrogens is 677 g/mol. The van der Waals surface area contributed by atoms with Gasteiger partial charge in [-0.2, -0.15) is 0 Å². The van der Waals surface area contributed by atoms with Gasteiger partial charge >= 0.3 is 5.97 Å². The summed E-state index contributed by atoms with van der Waals surface area (Å²) in [5.41, 5.74) is 5.34. The van der Waals surface area contributed by atoms with Crippen molar-refractivity contribution in [1.82, 2.24) is 20.3 Å². The number of benzene rings is 3. The Kier molecular flexibility index (Phi) is 13.8. The molecule has 1 unspecified atom stereocenters. The van der Waals surface area contributed by atoms with E-state index in [4.69, 9.17) is 4.74 Å². The van der Waals surface area contributed by atoms with Crippen molar-refractivity contribution >= 4 is 17.7 Å². The summed E-state index contributed by atoms with van der Waals surface area (Å²) in [6, 6.07) is 24.8. The third kappa shape index (κ3) is 11.2. The van der Waals surface area contributed by atoms with E-state index in [0.29, 0.717) is 17.0 Å². The molecule has 1 amide bonds. The number of ketones is 1. The molecule has 9 heteroatoms. The number of aliphatic carboxylic acids is 1. The highest BCUT2D eigenvalue weighted by Gasteiger charge is 2.29. The minimum Gasteiger partial charge on any atom is -0.494 e. The lowest BCUT2D eigenvalue weighted by Gasteiger charge is -2.21. The molecule has 0 aliphatic rings. The molecule has 2 aromatic heterocycles. The van der Waals surface area contributed by atoms with E-state index in [1.165, 1.54) is 38.1 Å². The van der Waals surface area contributed by atoms with Crippen molar-refractivity contribution in [3.63, 3.8) is 0 Å². The van der Waals surface area contributed by atoms with Gasteiger partial charge in [0.1, 0.15) is 5.75 Å². The number of hydrogen-bond acceptors (Lipinski definition) is 7. The molecule has 280 valence electrons. The van der Waals surface area contributed by atoms with Gasteiger partial charge in [-0.1, -0.05) is 120 Å². The molecule has 2 atom stereocenters. The summed E-state index contributed by atoms with van der Waals surface area (Å²) in [4.78, 5) is 52.7. The first kappa shape index (κ1) is 39.5. The van der Waals surface area contributed by atoms with Crippen molar-refractivity contribution in [2.75, 3.05) is 6.61 Å². The summed E-state index contributed by atoms with van der Waals surface area (Å²) >= 11 is 0. The van der Waals surface area contributed by atoms with Gasteiger partial charge in [-0.25, -0.2) is 14.8 Å². The molecule has 54 heavy (non-hydrogen) atoms. The molecular formula is C45H50N4O5. The number of pyridine rings is 1. The highest BCUT2D eigenvalue weighted by Crippen LogP contribution is 2.26. The number of amides is 1. The molecule has 0 aliphatic carbocycles. The van der Waals surface area contributed by atoms with Gasteiger partial charge in [-0.3, -0.25) is 14.6 Å². The Bertz CT molecular complexity index is 1960. The van der Waals surface area contributed by atoms with Crippen LogP contribution in [0.1, 0.15) is 99.3 Å². The van der Waals surface area contributed by atoms with Gasteiger partial charge in [0.15, 0.2) is 17.6 Å². The molecule has 0 saturated heterocycles. The number of carboxylic acid groups (broad SMARTS) is 1. The van der Waals surface area contributed by atoms with Crippen molar-refractivity contribution in [1.29, 1.82) is 0 Å². The van der Waals surface area contributed by atoms with Crippen LogP contribution in [0.15, 0.2) is 110 Å². The molecule has 0 fully saturated rings. The second-order valence-corrected chi connectivity index (χ2v) is 14.7. The average molecular weight is 727 g/mol. The first-order valence-electron chi connectivity index (χ1n) is 18.7. The first-order chi connectivity index (χ1) is 26.0. The van der Waals surface area contributed by atoms with Crippen LogP contribution < -0.4 is 10.1 Å². The number of Topliss-reactive ketones (excluding diaryl/α,β-unsaturated/α-hetero) is 1. The largest absolute Gasteiger partial charge is 0.494 e. The SMILES string of the molecule is CCCCCCCOc1ccc(-c2cnc(-c3ccc(C[C@H](CC(=O)c4ccc(C(C)(C)C)cc4)C(=O)NC(C(=O)O)c4cccnc4)cc3)nc2)cc1. The van der Waals surface area contributed by atoms with Gasteiger partial charge in [0.05, 0.1) is 6.61 Å². The van der Waals surface area contributed by atoms with Gasteiger partial charge in [0, 0.05) is 59.4 Å². The Hall–Kier alpha value is -5.70. The lowest BCUT2D eigenvalue weighted by atomic mass is 9.85. The van der Waals surface area contributed by atoms with Gasteiger partial charge in [0.2, 0.25) is 5.91 Å². The minimum absolute atomic E-state index is 0.0733. The van der Waals surface area contributed by atoms with Crippen LogP contribution in [0.25, 0.3) is 22.5 Å². The van der Waals surface area contributed by atoms with E-state index in [0.717, 1.165) is 46.6 Å². The fraction of sp³-hybridized carbons (Fsp3) is 0.333. The van der Waals surface area contributed by atoms with Crippen LogP contribution >= 0.6 is 0 Å². The van der Waals surface area contributed by atoms with Crippen LogP contribution in [-0.4, -0.2) is 44.3 Å². The van der Waals surface area contributed by atoms with Crippen molar-refractivity contribution in [2.45, 2.75) is 84.1 Å². The lowest BCUT2D eigenvalue weighted by Crippen LogP contribution is -2.39. The standard InChI is InChI=1S/C45H50N4O5/c1-5-6-7-8-9-25-54-39-22-18-32(19-23-39)37-29-47-42(48-30-37)34-14-12-31(13-15-34)26-36(27-40(50)33-16-20-38(21-17-33)45(2,3)4)43(51)49-41(44(52)53)35-11-10-24-46-28-35/h10-24,28-30,36,41H,5-9,25-27H2,1-4H3,(H,49,51)(H,52,53)/t36-,41?/m1/s1. The predicted molar refractivity (Wildman–Crippen MR) is 211 cm³/mol. The van der Waals surface area contributed by atoms with E-state index in [9.17, 15) is 19.5 Å². The van der Waals surface area contributed by atoms with E-state index in [-0.39, 0.29) is 24.0 Å². The molecule has 0 bridgehead atoms. The van der Waals surface area contributed by atoms with Crippen LogP contribution in [0.5, 0.6) is 5.75 Å². The van der Waals surface area contributed by atoms with Crippen LogP contribution in [0.3, 0.4) is 0 Å². The molecule has 0 spiro atoms. The number of hydrogen-bond donors (Lipinski definition) is 2. The number of carbonyl (C=O) groups excluding carboxylic acids is 2. The lowest BCUT2D eigenvalue weighted by molar-refractivity contribution is -0.142. The van der Waals surface area contributed by atoms with Crippen LogP contribution in [-0.2, 0) is 21.4 Å². The van der Waals surface area contributed by atoms with Gasteiger partial charge in [-0.05, 0) is 53.1 Å². The second kappa shape index (κ2) is 18.9. The maximum Gasteiger partial charge on any atom is 0.330 e. The quantitative estimate of drug-likeness (QED) is 0.0675. The van der Waals surface area contributed by atoms with Crippen LogP contribution in [0.2, 0.25) is 0 Å². The molecule has 9 nitrogen and oxygen atoms in total. The smallest absolute Gasteiger partial charge is 0.330 e. The average Bonchev–Trinajstić information content (AvgIpc) is 3.18. The number of carboxylic acids is 1. The van der Waals surface area contributed by atoms with E-state index in [1.807, 2.05) is 60.7 Å². The summed E-state index contributed by atoms with van der Waals surface area (Å²) in [5, 5.41) is 12.6. The number of carbonyl (C=O) groups is 3. The molecule has 2 N–H and O–H groups in total. The third-order valence-corrected chi connectivity index (χ3v) is 9.48. The van der Waals surface area contributed by atoms with Crippen molar-refractivity contribution < 1.29 is 24.2 Å². The Morgan fingerprint density at radius 3 is 2.06 bits per heavy atom. The van der Waals surface area contributed by atoms with Gasteiger partial charge in [-0.15, -0.1) is 0 Å². The number of aromatic nitrogens is 3. The Labute approximate surface area is 318 Å². The maximum atomic E-state index is 13.8. The molecule has 0 aliphatic heterocycles. The maximum absolute atomic E-state index is 13.8. The highest BCUT2D eigenvalue weighted by atomic mass is 16.5. The fourth-order valence-electron chi connectivity index (χ4n) is 6.19. The Balaban J connectivity index is 1.27. The zero-order chi connectivity index (χ0) is 38.5. The number of rotatable bonds is 18. The van der Waals surface area contributed by atoms with Crippen molar-refractivity contribution in [3.05, 3.63) is 132 Å². The molecule has 5 rings (SSSR count). The van der Waals surface area contributed by atoms with Gasteiger partial charge < -0.3 is 15.2 Å². The van der Waals surface area contributed by atoms with E-state index < -0.39 is 23.8 Å². The normalized spacial score (nSPS) is 12.4. The number of ether oxygens (including phenoxy) is 1. The summed E-state index contributed by atoms with van der Waals surface area (Å²) in [6.07, 6.45) is 12.6. The fourth-order valence-corrected chi connectivity index (χ4v) is 6.19. The van der Waals surface area contributed by atoms with Crippen LogP contribution in [0, 0.1) is 5.92 Å².